The van der Waals surface area contributed by atoms with Crippen molar-refractivity contribution in [3.05, 3.63) is 45.9 Å². The van der Waals surface area contributed by atoms with Gasteiger partial charge in [-0.1, -0.05) is 79.9 Å². The molecular formula is C41H66N6O6S. The summed E-state index contributed by atoms with van der Waals surface area (Å²) in [7, 11) is 1.97. The fourth-order valence-corrected chi connectivity index (χ4v) is 7.87. The number of benzene rings is 1. The van der Waals surface area contributed by atoms with Gasteiger partial charge in [0, 0.05) is 35.9 Å². The Kier molecular flexibility index (Phi) is 18.4. The van der Waals surface area contributed by atoms with E-state index in [9.17, 15) is 24.3 Å². The van der Waals surface area contributed by atoms with Gasteiger partial charge in [0.2, 0.25) is 17.7 Å². The number of carbonyl (C=O) groups excluding carboxylic acids is 4. The highest BCUT2D eigenvalue weighted by molar-refractivity contribution is 7.09. The SMILES string of the molecule is CCCCOCN(C(=O)[C@@H](NC(=O)[C@H]1CCCCN1C)[C@@H](C)CC)[C@@H](C[C@@H](C)c1nc(C(=O)N[C@@H](Cc2ccc(O)cc2)C[C@H](C)C(N)=O)cs1)C(C)C. The topological polar surface area (TPSA) is 167 Å². The molecule has 3 rings (SSSR count). The van der Waals surface area contributed by atoms with E-state index in [0.29, 0.717) is 25.9 Å². The summed E-state index contributed by atoms with van der Waals surface area (Å²) in [5.74, 6) is -1.43. The van der Waals surface area contributed by atoms with Crippen LogP contribution in [0, 0.1) is 17.8 Å². The Morgan fingerprint density at radius 1 is 1.06 bits per heavy atom. The molecular weight excluding hydrogens is 705 g/mol. The highest BCUT2D eigenvalue weighted by Crippen LogP contribution is 2.30. The number of thiazole rings is 1. The molecule has 0 spiro atoms. The van der Waals surface area contributed by atoms with E-state index in [1.165, 1.54) is 11.3 Å². The number of primary amides is 1. The largest absolute Gasteiger partial charge is 0.508 e. The van der Waals surface area contributed by atoms with E-state index in [0.717, 1.165) is 55.6 Å². The van der Waals surface area contributed by atoms with Gasteiger partial charge in [0.15, 0.2) is 0 Å². The van der Waals surface area contributed by atoms with Gasteiger partial charge >= 0.3 is 0 Å². The minimum atomic E-state index is -0.689. The highest BCUT2D eigenvalue weighted by atomic mass is 32.1. The van der Waals surface area contributed by atoms with Crippen LogP contribution >= 0.6 is 11.3 Å². The fraction of sp³-hybridized carbons (Fsp3) is 0.683. The maximum atomic E-state index is 14.6. The van der Waals surface area contributed by atoms with Gasteiger partial charge in [-0.25, -0.2) is 4.98 Å². The number of unbranched alkanes of at least 4 members (excludes halogenated alkanes) is 1. The summed E-state index contributed by atoms with van der Waals surface area (Å²) in [6.45, 7) is 15.7. The number of nitrogens with zero attached hydrogens (tertiary/aromatic N) is 3. The van der Waals surface area contributed by atoms with E-state index in [-0.39, 0.29) is 71.8 Å². The van der Waals surface area contributed by atoms with Crippen molar-refractivity contribution >= 4 is 35.0 Å². The number of aromatic hydroxyl groups is 1. The van der Waals surface area contributed by atoms with Crippen LogP contribution in [0.15, 0.2) is 29.6 Å². The molecule has 0 saturated carbocycles. The molecule has 1 aromatic carbocycles. The van der Waals surface area contributed by atoms with Crippen molar-refractivity contribution < 1.29 is 29.0 Å². The summed E-state index contributed by atoms with van der Waals surface area (Å²) >= 11 is 1.40. The quantitative estimate of drug-likeness (QED) is 0.0857. The Morgan fingerprint density at radius 2 is 1.76 bits per heavy atom. The minimum absolute atomic E-state index is 0.0690. The molecule has 1 aliphatic rings. The Labute approximate surface area is 327 Å². The Morgan fingerprint density at radius 3 is 2.37 bits per heavy atom. The highest BCUT2D eigenvalue weighted by Gasteiger charge is 2.38. The van der Waals surface area contributed by atoms with Crippen molar-refractivity contribution in [1.82, 2.24) is 25.4 Å². The zero-order valence-electron chi connectivity index (χ0n) is 33.8. The van der Waals surface area contributed by atoms with E-state index >= 15 is 0 Å². The monoisotopic (exact) mass is 770 g/mol. The molecule has 1 aromatic heterocycles. The first-order valence-corrected chi connectivity index (χ1v) is 20.8. The van der Waals surface area contributed by atoms with E-state index in [1.54, 1.807) is 36.6 Å². The van der Waals surface area contributed by atoms with Gasteiger partial charge in [0.1, 0.15) is 24.2 Å². The van der Waals surface area contributed by atoms with Crippen LogP contribution in [0.1, 0.15) is 127 Å². The third-order valence-corrected chi connectivity index (χ3v) is 11.9. The van der Waals surface area contributed by atoms with Gasteiger partial charge in [0.25, 0.3) is 5.91 Å². The van der Waals surface area contributed by atoms with Gasteiger partial charge in [0.05, 0.1) is 11.0 Å². The van der Waals surface area contributed by atoms with E-state index < -0.39 is 17.9 Å². The molecule has 4 amide bonds. The maximum absolute atomic E-state index is 14.6. The number of hydrogen-bond donors (Lipinski definition) is 4. The van der Waals surface area contributed by atoms with Gasteiger partial charge < -0.3 is 31.1 Å². The summed E-state index contributed by atoms with van der Waals surface area (Å²) in [5.41, 5.74) is 6.75. The Hall–Kier alpha value is -3.55. The van der Waals surface area contributed by atoms with Gasteiger partial charge in [-0.3, -0.25) is 24.1 Å². The number of ether oxygens (including phenoxy) is 1. The predicted molar refractivity (Wildman–Crippen MR) is 214 cm³/mol. The summed E-state index contributed by atoms with van der Waals surface area (Å²) in [4.78, 5) is 62.4. The lowest BCUT2D eigenvalue weighted by molar-refractivity contribution is -0.148. The molecule has 1 fully saturated rings. The molecule has 2 aromatic rings. The number of phenolic OH excluding ortho intramolecular Hbond substituents is 1. The van der Waals surface area contributed by atoms with Crippen molar-refractivity contribution in [3.63, 3.8) is 0 Å². The number of phenols is 1. The van der Waals surface area contributed by atoms with Crippen molar-refractivity contribution in [2.24, 2.45) is 23.5 Å². The molecule has 0 radical (unpaired) electrons. The standard InChI is InChI=1S/C41H66N6O6S/c1-9-11-20-53-25-47(41(52)36(27(5)10-2)45-39(51)34-14-12-13-19-46(34)8)35(26(3)4)22-29(7)40-44-33(24-54-40)38(50)43-31(21-28(6)37(42)49)23-30-15-17-32(48)18-16-30/h15-18,24,26-29,31,34-36,48H,9-14,19-23,25H2,1-8H3,(H2,42,49)(H,43,50)(H,45,51)/t27-,28-,29+,31+,34+,35-,36-/m0/s1. The zero-order valence-corrected chi connectivity index (χ0v) is 34.6. The Balaban J connectivity index is 1.82. The van der Waals surface area contributed by atoms with Crippen molar-refractivity contribution in [2.45, 2.75) is 136 Å². The zero-order chi connectivity index (χ0) is 39.9. The fourth-order valence-electron chi connectivity index (χ4n) is 7.00. The predicted octanol–water partition coefficient (Wildman–Crippen LogP) is 5.84. The molecule has 1 aliphatic heterocycles. The third-order valence-electron chi connectivity index (χ3n) is 10.8. The number of aromatic nitrogens is 1. The van der Waals surface area contributed by atoms with Crippen LogP contribution in [0.4, 0.5) is 0 Å². The first-order valence-electron chi connectivity index (χ1n) is 19.9. The number of likely N-dealkylation sites (N-methyl/N-ethyl adjacent to an activating group) is 1. The number of nitrogens with one attached hydrogen (secondary N) is 2. The molecule has 0 unspecified atom stereocenters. The summed E-state index contributed by atoms with van der Waals surface area (Å²) in [5, 5.41) is 18.5. The number of amides is 4. The van der Waals surface area contributed by atoms with Crippen LogP contribution in [-0.2, 0) is 25.5 Å². The van der Waals surface area contributed by atoms with Crippen LogP contribution in [0.2, 0.25) is 0 Å². The minimum Gasteiger partial charge on any atom is -0.508 e. The molecule has 0 aliphatic carbocycles. The van der Waals surface area contributed by atoms with E-state index in [4.69, 9.17) is 15.5 Å². The van der Waals surface area contributed by atoms with Crippen LogP contribution < -0.4 is 16.4 Å². The lowest BCUT2D eigenvalue weighted by Crippen LogP contribution is -2.59. The second kappa shape index (κ2) is 22.1. The van der Waals surface area contributed by atoms with Crippen molar-refractivity contribution in [2.75, 3.05) is 26.9 Å². The molecule has 12 nitrogen and oxygen atoms in total. The summed E-state index contributed by atoms with van der Waals surface area (Å²) in [6, 6.07) is 5.21. The van der Waals surface area contributed by atoms with Crippen molar-refractivity contribution in [3.8, 4) is 5.75 Å². The first kappa shape index (κ1) is 44.8. The molecule has 302 valence electrons. The third kappa shape index (κ3) is 13.3. The second-order valence-corrected chi connectivity index (χ2v) is 16.6. The number of hydrogen-bond acceptors (Lipinski definition) is 9. The molecule has 13 heteroatoms. The summed E-state index contributed by atoms with van der Waals surface area (Å²) < 4.78 is 6.12. The van der Waals surface area contributed by atoms with Crippen LogP contribution in [0.3, 0.4) is 0 Å². The average Bonchev–Trinajstić information content (AvgIpc) is 3.64. The molecule has 0 bridgehead atoms. The van der Waals surface area contributed by atoms with Gasteiger partial charge in [-0.2, -0.15) is 0 Å². The van der Waals surface area contributed by atoms with Crippen LogP contribution in [0.5, 0.6) is 5.75 Å². The van der Waals surface area contributed by atoms with Crippen molar-refractivity contribution in [1.29, 1.82) is 0 Å². The lowest BCUT2D eigenvalue weighted by Gasteiger charge is -2.39. The number of rotatable bonds is 22. The molecule has 5 N–H and O–H groups in total. The number of nitrogens with two attached hydrogens (primary N) is 1. The number of piperidine rings is 1. The summed E-state index contributed by atoms with van der Waals surface area (Å²) in [6.07, 6.45) is 6.80. The number of carbonyl (C=O) groups is 4. The molecule has 2 heterocycles. The maximum Gasteiger partial charge on any atom is 0.270 e. The van der Waals surface area contributed by atoms with Crippen LogP contribution in [0.25, 0.3) is 0 Å². The molecule has 1 saturated heterocycles. The van der Waals surface area contributed by atoms with Gasteiger partial charge in [-0.05, 0) is 81.6 Å². The normalized spacial score (nSPS) is 18.3. The van der Waals surface area contributed by atoms with E-state index in [1.807, 2.05) is 25.8 Å². The second-order valence-electron chi connectivity index (χ2n) is 15.7. The lowest BCUT2D eigenvalue weighted by atomic mass is 9.90. The van der Waals surface area contributed by atoms with E-state index in [2.05, 4.69) is 43.2 Å². The van der Waals surface area contributed by atoms with Crippen LogP contribution in [-0.4, -0.2) is 94.6 Å². The Bertz CT molecular complexity index is 1480. The van der Waals surface area contributed by atoms with Gasteiger partial charge in [-0.15, -0.1) is 11.3 Å². The smallest absolute Gasteiger partial charge is 0.270 e. The molecule has 54 heavy (non-hydrogen) atoms. The molecule has 7 atom stereocenters. The first-order chi connectivity index (χ1) is 25.7. The average molecular weight is 771 g/mol. The number of likely N-dealkylation sites (tertiary alicyclic amines) is 1.